The molecule has 1 aliphatic carbocycles. The fraction of sp³-hybridized carbons (Fsp3) is 0.692. The number of hydrogen-bond donors (Lipinski definition) is 4. The summed E-state index contributed by atoms with van der Waals surface area (Å²) in [5.74, 6) is 7.53. The van der Waals surface area contributed by atoms with Gasteiger partial charge in [-0.25, -0.2) is 15.8 Å². The normalized spacial score (nSPS) is 23.1. The first-order valence-electron chi connectivity index (χ1n) is 7.02. The lowest BCUT2D eigenvalue weighted by molar-refractivity contribution is 0.116. The highest BCUT2D eigenvalue weighted by molar-refractivity contribution is 5.47. The SMILES string of the molecule is CCCc1nc(NN)cc(NC2CCCCC2O)n1. The monoisotopic (exact) mass is 265 g/mol. The number of aryl methyl sites for hydroxylation is 1. The average molecular weight is 265 g/mol. The topological polar surface area (TPSA) is 96.1 Å². The Morgan fingerprint density at radius 3 is 2.74 bits per heavy atom. The summed E-state index contributed by atoms with van der Waals surface area (Å²) in [7, 11) is 0. The predicted octanol–water partition coefficient (Wildman–Crippen LogP) is 1.43. The van der Waals surface area contributed by atoms with Gasteiger partial charge in [-0.15, -0.1) is 0 Å². The molecule has 0 bridgehead atoms. The number of aliphatic hydroxyl groups excluding tert-OH is 1. The van der Waals surface area contributed by atoms with Crippen LogP contribution in [0.3, 0.4) is 0 Å². The highest BCUT2D eigenvalue weighted by Gasteiger charge is 2.23. The summed E-state index contributed by atoms with van der Waals surface area (Å²) in [5, 5.41) is 13.3. The number of hydrogen-bond acceptors (Lipinski definition) is 6. The van der Waals surface area contributed by atoms with Gasteiger partial charge in [-0.1, -0.05) is 19.8 Å². The maximum Gasteiger partial charge on any atom is 0.145 e. The van der Waals surface area contributed by atoms with E-state index >= 15 is 0 Å². The Hall–Kier alpha value is -1.40. The molecule has 106 valence electrons. The summed E-state index contributed by atoms with van der Waals surface area (Å²) in [6, 6.07) is 1.85. The van der Waals surface area contributed by atoms with Crippen LogP contribution in [-0.4, -0.2) is 27.2 Å². The van der Waals surface area contributed by atoms with Gasteiger partial charge in [0.1, 0.15) is 17.5 Å². The van der Waals surface area contributed by atoms with Crippen molar-refractivity contribution in [2.24, 2.45) is 5.84 Å². The zero-order chi connectivity index (χ0) is 13.7. The molecule has 1 aromatic rings. The highest BCUT2D eigenvalue weighted by Crippen LogP contribution is 2.22. The maximum absolute atomic E-state index is 9.98. The van der Waals surface area contributed by atoms with Crippen LogP contribution < -0.4 is 16.6 Å². The Morgan fingerprint density at radius 1 is 1.32 bits per heavy atom. The zero-order valence-electron chi connectivity index (χ0n) is 11.4. The number of rotatable bonds is 5. The highest BCUT2D eigenvalue weighted by atomic mass is 16.3. The number of nitrogens with one attached hydrogen (secondary N) is 2. The average Bonchev–Trinajstić information content (AvgIpc) is 2.41. The minimum absolute atomic E-state index is 0.0729. The molecule has 1 heterocycles. The lowest BCUT2D eigenvalue weighted by Gasteiger charge is -2.28. The van der Waals surface area contributed by atoms with E-state index in [1.807, 2.05) is 0 Å². The summed E-state index contributed by atoms with van der Waals surface area (Å²) in [6.07, 6.45) is 5.57. The fourth-order valence-corrected chi connectivity index (χ4v) is 2.45. The quantitative estimate of drug-likeness (QED) is 0.475. The van der Waals surface area contributed by atoms with Crippen LogP contribution >= 0.6 is 0 Å². The van der Waals surface area contributed by atoms with Crippen LogP contribution in [0.15, 0.2) is 6.07 Å². The maximum atomic E-state index is 9.98. The van der Waals surface area contributed by atoms with Crippen LogP contribution in [0.25, 0.3) is 0 Å². The van der Waals surface area contributed by atoms with Gasteiger partial charge in [0, 0.05) is 12.5 Å². The van der Waals surface area contributed by atoms with Crippen LogP contribution in [0.1, 0.15) is 44.9 Å². The molecular weight excluding hydrogens is 242 g/mol. The van der Waals surface area contributed by atoms with E-state index in [4.69, 9.17) is 5.84 Å². The standard InChI is InChI=1S/C13H23N5O/c1-2-5-11-16-12(8-13(17-11)18-14)15-9-6-3-4-7-10(9)19/h8-10,19H,2-7,14H2,1H3,(H2,15,16,17,18). The van der Waals surface area contributed by atoms with E-state index in [2.05, 4.69) is 27.6 Å². The Labute approximate surface area is 113 Å². The lowest BCUT2D eigenvalue weighted by Crippen LogP contribution is -2.36. The van der Waals surface area contributed by atoms with Crippen molar-refractivity contribution in [3.63, 3.8) is 0 Å². The van der Waals surface area contributed by atoms with Crippen molar-refractivity contribution in [2.75, 3.05) is 10.7 Å². The molecule has 2 unspecified atom stereocenters. The third kappa shape index (κ3) is 3.78. The number of nitrogens with two attached hydrogens (primary N) is 1. The third-order valence-corrected chi connectivity index (χ3v) is 3.46. The molecule has 0 amide bonds. The number of hydrazine groups is 1. The summed E-state index contributed by atoms with van der Waals surface area (Å²) in [5.41, 5.74) is 2.56. The number of nitrogen functional groups attached to an aromatic ring is 1. The second kappa shape index (κ2) is 6.68. The molecule has 2 rings (SSSR count). The first-order chi connectivity index (χ1) is 9.22. The molecule has 1 aliphatic rings. The van der Waals surface area contributed by atoms with Gasteiger partial charge in [0.05, 0.1) is 12.1 Å². The van der Waals surface area contributed by atoms with Crippen LogP contribution in [0.4, 0.5) is 11.6 Å². The second-order valence-corrected chi connectivity index (χ2v) is 5.05. The molecular formula is C13H23N5O. The van der Waals surface area contributed by atoms with Gasteiger partial charge < -0.3 is 15.8 Å². The Bertz CT molecular complexity index is 412. The molecule has 0 radical (unpaired) electrons. The van der Waals surface area contributed by atoms with Crippen LogP contribution in [0.5, 0.6) is 0 Å². The van der Waals surface area contributed by atoms with E-state index in [9.17, 15) is 5.11 Å². The molecule has 0 aliphatic heterocycles. The third-order valence-electron chi connectivity index (χ3n) is 3.46. The van der Waals surface area contributed by atoms with Gasteiger partial charge in [0.2, 0.25) is 0 Å². The van der Waals surface area contributed by atoms with Gasteiger partial charge in [0.25, 0.3) is 0 Å². The van der Waals surface area contributed by atoms with Gasteiger partial charge >= 0.3 is 0 Å². The van der Waals surface area contributed by atoms with Crippen molar-refractivity contribution in [3.05, 3.63) is 11.9 Å². The Kier molecular flexibility index (Phi) is 4.93. The Balaban J connectivity index is 2.11. The van der Waals surface area contributed by atoms with E-state index in [-0.39, 0.29) is 12.1 Å². The van der Waals surface area contributed by atoms with Gasteiger partial charge in [0.15, 0.2) is 0 Å². The van der Waals surface area contributed by atoms with E-state index in [1.165, 1.54) is 0 Å². The predicted molar refractivity (Wildman–Crippen MR) is 75.7 cm³/mol. The molecule has 1 saturated carbocycles. The van der Waals surface area contributed by atoms with Crippen LogP contribution in [0.2, 0.25) is 0 Å². The van der Waals surface area contributed by atoms with Gasteiger partial charge in [-0.3, -0.25) is 0 Å². The fourth-order valence-electron chi connectivity index (χ4n) is 2.45. The van der Waals surface area contributed by atoms with Crippen molar-refractivity contribution in [1.29, 1.82) is 0 Å². The molecule has 6 heteroatoms. The lowest BCUT2D eigenvalue weighted by atomic mass is 9.92. The molecule has 0 saturated heterocycles. The number of anilines is 2. The van der Waals surface area contributed by atoms with Crippen molar-refractivity contribution >= 4 is 11.6 Å². The van der Waals surface area contributed by atoms with Gasteiger partial charge in [-0.2, -0.15) is 0 Å². The second-order valence-electron chi connectivity index (χ2n) is 5.05. The minimum atomic E-state index is -0.298. The molecule has 0 aromatic carbocycles. The van der Waals surface area contributed by atoms with Crippen molar-refractivity contribution in [2.45, 2.75) is 57.6 Å². The minimum Gasteiger partial charge on any atom is -0.391 e. The van der Waals surface area contributed by atoms with Crippen LogP contribution in [-0.2, 0) is 6.42 Å². The molecule has 6 nitrogen and oxygen atoms in total. The molecule has 5 N–H and O–H groups in total. The van der Waals surface area contributed by atoms with E-state index in [0.29, 0.717) is 5.82 Å². The van der Waals surface area contributed by atoms with Gasteiger partial charge in [-0.05, 0) is 19.3 Å². The van der Waals surface area contributed by atoms with E-state index in [0.717, 1.165) is 50.2 Å². The molecule has 2 atom stereocenters. The van der Waals surface area contributed by atoms with Crippen molar-refractivity contribution < 1.29 is 5.11 Å². The molecule has 19 heavy (non-hydrogen) atoms. The molecule has 0 spiro atoms. The largest absolute Gasteiger partial charge is 0.391 e. The van der Waals surface area contributed by atoms with Crippen molar-refractivity contribution in [3.8, 4) is 0 Å². The summed E-state index contributed by atoms with van der Waals surface area (Å²) in [4.78, 5) is 8.77. The number of aromatic nitrogens is 2. The molecule has 1 fully saturated rings. The Morgan fingerprint density at radius 2 is 2.05 bits per heavy atom. The smallest absolute Gasteiger partial charge is 0.145 e. The number of aliphatic hydroxyl groups is 1. The summed E-state index contributed by atoms with van der Waals surface area (Å²) >= 11 is 0. The van der Waals surface area contributed by atoms with Crippen molar-refractivity contribution in [1.82, 2.24) is 9.97 Å². The van der Waals surface area contributed by atoms with Crippen LogP contribution in [0, 0.1) is 0 Å². The van der Waals surface area contributed by atoms with E-state index < -0.39 is 0 Å². The number of nitrogens with zero attached hydrogens (tertiary/aromatic N) is 2. The van der Waals surface area contributed by atoms with E-state index in [1.54, 1.807) is 6.07 Å². The first-order valence-corrected chi connectivity index (χ1v) is 7.02. The summed E-state index contributed by atoms with van der Waals surface area (Å²) in [6.45, 7) is 2.09. The summed E-state index contributed by atoms with van der Waals surface area (Å²) < 4.78 is 0. The first kappa shape index (κ1) is 14.0. The zero-order valence-corrected chi connectivity index (χ0v) is 11.4. The molecule has 1 aromatic heterocycles.